The Balaban J connectivity index is 1.53. The Morgan fingerprint density at radius 3 is 2.46 bits per heavy atom. The molecule has 7 nitrogen and oxygen atoms in total. The Morgan fingerprint density at radius 2 is 1.81 bits per heavy atom. The predicted octanol–water partition coefficient (Wildman–Crippen LogP) is 2.74. The minimum atomic E-state index is -1.13. The molecule has 2 heterocycles. The number of benzene rings is 2. The molecule has 130 valence electrons. The highest BCUT2D eigenvalue weighted by Crippen LogP contribution is 2.26. The number of nitrogens with one attached hydrogen (secondary N) is 3. The SMILES string of the molecule is C[C@]1(c2ccc(NC(=O)c3cc4ccccc4o3)cc2)NC(=O)NC1=O. The highest BCUT2D eigenvalue weighted by Gasteiger charge is 2.43. The molecule has 1 aliphatic heterocycles. The van der Waals surface area contributed by atoms with Crippen molar-refractivity contribution >= 4 is 34.5 Å². The lowest BCUT2D eigenvalue weighted by molar-refractivity contribution is -0.123. The van der Waals surface area contributed by atoms with Crippen LogP contribution in [0.15, 0.2) is 59.0 Å². The highest BCUT2D eigenvalue weighted by molar-refractivity contribution is 6.07. The van der Waals surface area contributed by atoms with Crippen LogP contribution in [0.25, 0.3) is 11.0 Å². The fourth-order valence-electron chi connectivity index (χ4n) is 2.92. The summed E-state index contributed by atoms with van der Waals surface area (Å²) >= 11 is 0. The highest BCUT2D eigenvalue weighted by atomic mass is 16.3. The maximum Gasteiger partial charge on any atom is 0.322 e. The van der Waals surface area contributed by atoms with Gasteiger partial charge in [-0.15, -0.1) is 0 Å². The summed E-state index contributed by atoms with van der Waals surface area (Å²) in [5.74, 6) is -0.571. The van der Waals surface area contributed by atoms with E-state index in [0.717, 1.165) is 5.39 Å². The van der Waals surface area contributed by atoms with Gasteiger partial charge in [-0.25, -0.2) is 4.79 Å². The fourth-order valence-corrected chi connectivity index (χ4v) is 2.92. The third kappa shape index (κ3) is 2.59. The van der Waals surface area contributed by atoms with E-state index in [2.05, 4.69) is 16.0 Å². The molecule has 3 aromatic rings. The normalized spacial score (nSPS) is 19.3. The third-order valence-electron chi connectivity index (χ3n) is 4.41. The van der Waals surface area contributed by atoms with E-state index in [1.165, 1.54) is 0 Å². The number of para-hydroxylation sites is 1. The third-order valence-corrected chi connectivity index (χ3v) is 4.41. The van der Waals surface area contributed by atoms with Crippen LogP contribution in [0, 0.1) is 0 Å². The summed E-state index contributed by atoms with van der Waals surface area (Å²) in [6.07, 6.45) is 0. The van der Waals surface area contributed by atoms with Gasteiger partial charge < -0.3 is 15.1 Å². The van der Waals surface area contributed by atoms with Gasteiger partial charge in [0.25, 0.3) is 11.8 Å². The molecule has 1 saturated heterocycles. The number of imide groups is 1. The van der Waals surface area contributed by atoms with Crippen molar-refractivity contribution in [2.75, 3.05) is 5.32 Å². The van der Waals surface area contributed by atoms with E-state index in [0.29, 0.717) is 16.8 Å². The molecule has 4 amide bonds. The van der Waals surface area contributed by atoms with Gasteiger partial charge in [-0.05, 0) is 36.8 Å². The Bertz CT molecular complexity index is 1010. The first-order chi connectivity index (χ1) is 12.5. The molecule has 1 fully saturated rings. The first-order valence-corrected chi connectivity index (χ1v) is 8.00. The maximum absolute atomic E-state index is 12.4. The standard InChI is InChI=1S/C19H15N3O4/c1-19(17(24)21-18(25)22-19)12-6-8-13(9-7-12)20-16(23)15-10-11-4-2-3-5-14(11)26-15/h2-10H,1H3,(H,20,23)(H2,21,22,24,25)/t19-/m1/s1. The average Bonchev–Trinajstić information content (AvgIpc) is 3.16. The van der Waals surface area contributed by atoms with Crippen LogP contribution < -0.4 is 16.0 Å². The summed E-state index contributed by atoms with van der Waals surface area (Å²) in [6.45, 7) is 1.62. The van der Waals surface area contributed by atoms with E-state index in [1.54, 1.807) is 43.3 Å². The molecule has 0 spiro atoms. The van der Waals surface area contributed by atoms with Crippen LogP contribution in [0.4, 0.5) is 10.5 Å². The lowest BCUT2D eigenvalue weighted by Crippen LogP contribution is -2.40. The molecule has 4 rings (SSSR count). The zero-order valence-electron chi connectivity index (χ0n) is 13.8. The number of carbonyl (C=O) groups excluding carboxylic acids is 3. The van der Waals surface area contributed by atoms with Crippen LogP contribution in [-0.4, -0.2) is 17.8 Å². The molecule has 26 heavy (non-hydrogen) atoms. The van der Waals surface area contributed by atoms with Gasteiger partial charge in [0.05, 0.1) is 0 Å². The molecule has 2 aromatic carbocycles. The van der Waals surface area contributed by atoms with Crippen LogP contribution in [0.5, 0.6) is 0 Å². The molecule has 1 aliphatic rings. The lowest BCUT2D eigenvalue weighted by Gasteiger charge is -2.21. The number of hydrogen-bond acceptors (Lipinski definition) is 4. The number of amides is 4. The van der Waals surface area contributed by atoms with Crippen LogP contribution >= 0.6 is 0 Å². The predicted molar refractivity (Wildman–Crippen MR) is 94.6 cm³/mol. The van der Waals surface area contributed by atoms with Gasteiger partial charge >= 0.3 is 6.03 Å². The molecule has 3 N–H and O–H groups in total. The van der Waals surface area contributed by atoms with Crippen molar-refractivity contribution in [3.63, 3.8) is 0 Å². The van der Waals surface area contributed by atoms with E-state index in [9.17, 15) is 14.4 Å². The van der Waals surface area contributed by atoms with E-state index < -0.39 is 17.5 Å². The van der Waals surface area contributed by atoms with Gasteiger partial charge in [0.2, 0.25) is 0 Å². The van der Waals surface area contributed by atoms with Crippen LogP contribution in [0.1, 0.15) is 23.0 Å². The smallest absolute Gasteiger partial charge is 0.322 e. The minimum Gasteiger partial charge on any atom is -0.451 e. The summed E-state index contributed by atoms with van der Waals surface area (Å²) in [5, 5.41) is 8.41. The molecule has 1 atom stereocenters. The number of fused-ring (bicyclic) bond motifs is 1. The Morgan fingerprint density at radius 1 is 1.08 bits per heavy atom. The lowest BCUT2D eigenvalue weighted by atomic mass is 9.92. The summed E-state index contributed by atoms with van der Waals surface area (Å²) in [7, 11) is 0. The summed E-state index contributed by atoms with van der Waals surface area (Å²) in [6, 6.07) is 15.2. The summed E-state index contributed by atoms with van der Waals surface area (Å²) in [5.41, 5.74) is 0.678. The first-order valence-electron chi connectivity index (χ1n) is 8.00. The van der Waals surface area contributed by atoms with Crippen molar-refractivity contribution in [3.8, 4) is 0 Å². The first kappa shape index (κ1) is 15.9. The van der Waals surface area contributed by atoms with Crippen molar-refractivity contribution in [1.29, 1.82) is 0 Å². The Hall–Kier alpha value is -3.61. The Kier molecular flexibility index (Phi) is 3.50. The second kappa shape index (κ2) is 5.73. The van der Waals surface area contributed by atoms with E-state index in [4.69, 9.17) is 4.42 Å². The molecule has 0 saturated carbocycles. The fraction of sp³-hybridized carbons (Fsp3) is 0.105. The van der Waals surface area contributed by atoms with E-state index >= 15 is 0 Å². The van der Waals surface area contributed by atoms with E-state index in [1.807, 2.05) is 18.2 Å². The van der Waals surface area contributed by atoms with Crippen molar-refractivity contribution in [3.05, 3.63) is 65.9 Å². The van der Waals surface area contributed by atoms with Crippen molar-refractivity contribution in [1.82, 2.24) is 10.6 Å². The van der Waals surface area contributed by atoms with Crippen molar-refractivity contribution in [2.45, 2.75) is 12.5 Å². The number of anilines is 1. The van der Waals surface area contributed by atoms with Gasteiger partial charge in [0, 0.05) is 11.1 Å². The molecule has 1 aromatic heterocycles. The number of hydrogen-bond donors (Lipinski definition) is 3. The van der Waals surface area contributed by atoms with Gasteiger partial charge in [-0.1, -0.05) is 30.3 Å². The molecular formula is C19H15N3O4. The number of urea groups is 1. The van der Waals surface area contributed by atoms with Gasteiger partial charge in [-0.2, -0.15) is 0 Å². The largest absolute Gasteiger partial charge is 0.451 e. The van der Waals surface area contributed by atoms with Gasteiger partial charge in [-0.3, -0.25) is 14.9 Å². The van der Waals surface area contributed by atoms with Gasteiger partial charge in [0.15, 0.2) is 5.76 Å². The average molecular weight is 349 g/mol. The zero-order valence-corrected chi connectivity index (χ0v) is 13.8. The maximum atomic E-state index is 12.4. The second-order valence-corrected chi connectivity index (χ2v) is 6.21. The molecular weight excluding hydrogens is 334 g/mol. The molecule has 0 aliphatic carbocycles. The minimum absolute atomic E-state index is 0.213. The van der Waals surface area contributed by atoms with Crippen LogP contribution in [0.2, 0.25) is 0 Å². The molecule has 0 bridgehead atoms. The summed E-state index contributed by atoms with van der Waals surface area (Å²) in [4.78, 5) is 35.7. The number of furan rings is 1. The quantitative estimate of drug-likeness (QED) is 0.633. The topological polar surface area (TPSA) is 100 Å². The van der Waals surface area contributed by atoms with Crippen molar-refractivity contribution in [2.24, 2.45) is 0 Å². The molecule has 0 radical (unpaired) electrons. The second-order valence-electron chi connectivity index (χ2n) is 6.21. The van der Waals surface area contributed by atoms with Crippen LogP contribution in [0.3, 0.4) is 0 Å². The zero-order chi connectivity index (χ0) is 18.3. The van der Waals surface area contributed by atoms with E-state index in [-0.39, 0.29) is 11.7 Å². The number of carbonyl (C=O) groups is 3. The molecule has 7 heteroatoms. The molecule has 0 unspecified atom stereocenters. The van der Waals surface area contributed by atoms with Crippen molar-refractivity contribution < 1.29 is 18.8 Å². The van der Waals surface area contributed by atoms with Crippen LogP contribution in [-0.2, 0) is 10.3 Å². The number of rotatable bonds is 3. The Labute approximate surface area is 148 Å². The summed E-state index contributed by atoms with van der Waals surface area (Å²) < 4.78 is 5.54. The van der Waals surface area contributed by atoms with Gasteiger partial charge in [0.1, 0.15) is 11.1 Å². The monoisotopic (exact) mass is 349 g/mol.